The van der Waals surface area contributed by atoms with Crippen LogP contribution < -0.4 is 0 Å². The number of benzene rings is 1. The molecule has 3 heterocycles. The summed E-state index contributed by atoms with van der Waals surface area (Å²) in [6.07, 6.45) is 6.77. The van der Waals surface area contributed by atoms with Crippen molar-refractivity contribution < 1.29 is 4.11 Å². The van der Waals surface area contributed by atoms with E-state index in [4.69, 9.17) is 4.11 Å². The average molecular weight is 332 g/mol. The summed E-state index contributed by atoms with van der Waals surface area (Å²) < 4.78 is 24.9. The smallest absolute Gasteiger partial charge is 0.251 e. The minimum atomic E-state index is -2.19. The molecule has 3 aromatic heterocycles. The van der Waals surface area contributed by atoms with Crippen LogP contribution in [0.2, 0.25) is 0 Å². The number of hydrogen-bond donors (Lipinski definition) is 0. The first-order valence-electron chi connectivity index (χ1n) is 9.49. The Kier molecular flexibility index (Phi) is 2.84. The molecule has 0 fully saturated rings. The van der Waals surface area contributed by atoms with Gasteiger partial charge in [-0.15, -0.1) is 0 Å². The molecule has 0 aliphatic heterocycles. The van der Waals surface area contributed by atoms with Crippen LogP contribution in [0.15, 0.2) is 61.2 Å². The molecule has 4 aromatic rings. The van der Waals surface area contributed by atoms with Gasteiger partial charge in [-0.25, -0.2) is 9.97 Å². The summed E-state index contributed by atoms with van der Waals surface area (Å²) in [6.45, 7) is 1.09. The van der Waals surface area contributed by atoms with Gasteiger partial charge in [0.1, 0.15) is 0 Å². The fourth-order valence-corrected chi connectivity index (χ4v) is 2.66. The minimum absolute atomic E-state index is 0.372. The molecular weight excluding hydrogens is 310 g/mol. The lowest BCUT2D eigenvalue weighted by atomic mass is 9.93. The molecule has 0 saturated heterocycles. The Morgan fingerprint density at radius 1 is 1.00 bits per heavy atom. The first kappa shape index (κ1) is 12.3. The minimum Gasteiger partial charge on any atom is -0.264 e. The molecule has 0 atom stereocenters. The molecule has 124 valence electrons. The number of pyridine rings is 1. The highest BCUT2D eigenvalue weighted by atomic mass is 15.3. The third kappa shape index (κ3) is 2.89. The number of fused-ring (bicyclic) bond motifs is 1. The maximum Gasteiger partial charge on any atom is 0.251 e. The van der Waals surface area contributed by atoms with Crippen molar-refractivity contribution in [3.05, 3.63) is 66.9 Å². The molecule has 0 N–H and O–H groups in total. The van der Waals surface area contributed by atoms with Gasteiger partial charge < -0.3 is 0 Å². The van der Waals surface area contributed by atoms with Gasteiger partial charge in [-0.3, -0.25) is 4.98 Å². The van der Waals surface area contributed by atoms with E-state index < -0.39 is 12.3 Å². The molecule has 0 amide bonds. The molecule has 0 spiro atoms. The Morgan fingerprint density at radius 2 is 1.84 bits per heavy atom. The molecule has 0 saturated carbocycles. The SMILES string of the molecule is [2H]C([2H])([2H])C(C)(C)c1cnn2c(-c3cccc(-c4cccnc4)c3)cnc2n1. The highest BCUT2D eigenvalue weighted by Gasteiger charge is 2.18. The van der Waals surface area contributed by atoms with Crippen LogP contribution in [0.3, 0.4) is 0 Å². The zero-order valence-corrected chi connectivity index (χ0v) is 14.0. The lowest BCUT2D eigenvalue weighted by Gasteiger charge is -2.16. The van der Waals surface area contributed by atoms with E-state index in [9.17, 15) is 0 Å². The summed E-state index contributed by atoms with van der Waals surface area (Å²) in [5.41, 5.74) is 3.05. The molecule has 4 rings (SSSR count). The molecule has 0 unspecified atom stereocenters. The van der Waals surface area contributed by atoms with Crippen LogP contribution in [-0.4, -0.2) is 24.6 Å². The van der Waals surface area contributed by atoms with Gasteiger partial charge in [0, 0.05) is 33.0 Å². The van der Waals surface area contributed by atoms with Crippen LogP contribution in [0.25, 0.3) is 28.2 Å². The number of hydrogen-bond acceptors (Lipinski definition) is 4. The number of rotatable bonds is 2. The second kappa shape index (κ2) is 5.77. The zero-order chi connectivity index (χ0) is 19.9. The molecule has 0 aliphatic carbocycles. The van der Waals surface area contributed by atoms with Crippen LogP contribution in [0.4, 0.5) is 0 Å². The van der Waals surface area contributed by atoms with Crippen molar-refractivity contribution in [2.75, 3.05) is 0 Å². The largest absolute Gasteiger partial charge is 0.264 e. The predicted molar refractivity (Wildman–Crippen MR) is 98.1 cm³/mol. The molecule has 0 radical (unpaired) electrons. The van der Waals surface area contributed by atoms with Gasteiger partial charge in [0.15, 0.2) is 0 Å². The zero-order valence-electron chi connectivity index (χ0n) is 17.0. The van der Waals surface area contributed by atoms with E-state index >= 15 is 0 Å². The van der Waals surface area contributed by atoms with E-state index in [1.165, 1.54) is 6.20 Å². The Hall–Kier alpha value is -3.08. The van der Waals surface area contributed by atoms with Crippen molar-refractivity contribution in [2.45, 2.75) is 26.1 Å². The van der Waals surface area contributed by atoms with Crippen LogP contribution in [0.5, 0.6) is 0 Å². The van der Waals surface area contributed by atoms with Gasteiger partial charge in [-0.1, -0.05) is 45.0 Å². The number of aromatic nitrogens is 5. The quantitative estimate of drug-likeness (QED) is 0.553. The van der Waals surface area contributed by atoms with Gasteiger partial charge in [-0.2, -0.15) is 9.61 Å². The molecule has 5 heteroatoms. The van der Waals surface area contributed by atoms with Crippen molar-refractivity contribution in [3.8, 4) is 22.4 Å². The normalized spacial score (nSPS) is 14.1. The van der Waals surface area contributed by atoms with E-state index in [0.717, 1.165) is 22.4 Å². The highest BCUT2D eigenvalue weighted by Crippen LogP contribution is 2.26. The summed E-state index contributed by atoms with van der Waals surface area (Å²) in [5.74, 6) is 0.372. The van der Waals surface area contributed by atoms with Crippen molar-refractivity contribution in [3.63, 3.8) is 0 Å². The second-order valence-corrected chi connectivity index (χ2v) is 6.44. The molecule has 0 aliphatic rings. The molecule has 5 nitrogen and oxygen atoms in total. The predicted octanol–water partition coefficient (Wildman–Crippen LogP) is 4.15. The monoisotopic (exact) mass is 332 g/mol. The standard InChI is InChI=1S/C20H19N5/c1-20(2,3)18-13-23-25-17(12-22-19(25)24-18)15-7-4-6-14(10-15)16-8-5-9-21-11-16/h4-13H,1-3H3/i1D3. The van der Waals surface area contributed by atoms with Gasteiger partial charge in [-0.05, 0) is 17.7 Å². The van der Waals surface area contributed by atoms with Crippen LogP contribution >= 0.6 is 0 Å². The van der Waals surface area contributed by atoms with Gasteiger partial charge in [0.2, 0.25) is 0 Å². The first-order valence-corrected chi connectivity index (χ1v) is 7.99. The van der Waals surface area contributed by atoms with Crippen LogP contribution in [0, 0.1) is 0 Å². The van der Waals surface area contributed by atoms with Crippen LogP contribution in [-0.2, 0) is 5.41 Å². The molecule has 0 bridgehead atoms. The Morgan fingerprint density at radius 3 is 2.64 bits per heavy atom. The summed E-state index contributed by atoms with van der Waals surface area (Å²) in [7, 11) is 0. The van der Waals surface area contributed by atoms with E-state index in [-0.39, 0.29) is 0 Å². The maximum atomic E-state index is 7.76. The lowest BCUT2D eigenvalue weighted by Crippen LogP contribution is -2.15. The van der Waals surface area contributed by atoms with Gasteiger partial charge in [0.25, 0.3) is 5.78 Å². The fourth-order valence-electron chi connectivity index (χ4n) is 2.66. The summed E-state index contributed by atoms with van der Waals surface area (Å²) in [6, 6.07) is 11.9. The second-order valence-electron chi connectivity index (χ2n) is 6.44. The summed E-state index contributed by atoms with van der Waals surface area (Å²) in [4.78, 5) is 13.0. The van der Waals surface area contributed by atoms with Crippen molar-refractivity contribution in [1.29, 1.82) is 0 Å². The van der Waals surface area contributed by atoms with E-state index in [1.807, 2.05) is 42.6 Å². The maximum absolute atomic E-state index is 7.76. The number of imidazole rings is 1. The first-order chi connectivity index (χ1) is 13.3. The molecular formula is C20H19N5. The van der Waals surface area contributed by atoms with Crippen LogP contribution in [0.1, 0.15) is 30.5 Å². The van der Waals surface area contributed by atoms with Gasteiger partial charge >= 0.3 is 0 Å². The Labute approximate surface area is 150 Å². The third-order valence-electron chi connectivity index (χ3n) is 4.03. The van der Waals surface area contributed by atoms with E-state index in [1.54, 1.807) is 30.8 Å². The highest BCUT2D eigenvalue weighted by molar-refractivity contribution is 5.71. The topological polar surface area (TPSA) is 56.0 Å². The number of nitrogens with zero attached hydrogens (tertiary/aromatic N) is 5. The fraction of sp³-hybridized carbons (Fsp3) is 0.200. The lowest BCUT2D eigenvalue weighted by molar-refractivity contribution is 0.562. The summed E-state index contributed by atoms with van der Waals surface area (Å²) in [5, 5.41) is 4.43. The Bertz CT molecular complexity index is 1130. The average Bonchev–Trinajstić information content (AvgIpc) is 3.11. The van der Waals surface area contributed by atoms with Crippen molar-refractivity contribution in [1.82, 2.24) is 24.6 Å². The molecule has 25 heavy (non-hydrogen) atoms. The van der Waals surface area contributed by atoms with Crippen molar-refractivity contribution >= 4 is 5.78 Å². The molecule has 1 aromatic carbocycles. The Balaban J connectivity index is 1.77. The third-order valence-corrected chi connectivity index (χ3v) is 4.03. The van der Waals surface area contributed by atoms with Crippen molar-refractivity contribution in [2.24, 2.45) is 0 Å². The summed E-state index contributed by atoms with van der Waals surface area (Å²) >= 11 is 0. The van der Waals surface area contributed by atoms with E-state index in [0.29, 0.717) is 11.5 Å². The van der Waals surface area contributed by atoms with E-state index in [2.05, 4.69) is 20.1 Å². The van der Waals surface area contributed by atoms with Gasteiger partial charge in [0.05, 0.1) is 23.8 Å².